The van der Waals surface area contributed by atoms with Gasteiger partial charge in [0.05, 0.1) is 18.5 Å². The molecule has 2 fully saturated rings. The van der Waals surface area contributed by atoms with Crippen LogP contribution in [0.2, 0.25) is 0 Å². The largest absolute Gasteiger partial charge is 0.469 e. The predicted molar refractivity (Wildman–Crippen MR) is 131 cm³/mol. The third-order valence-corrected chi connectivity index (χ3v) is 6.93. The summed E-state index contributed by atoms with van der Waals surface area (Å²) in [5, 5.41) is 24.7. The van der Waals surface area contributed by atoms with Crippen LogP contribution in [0.3, 0.4) is 0 Å². The third kappa shape index (κ3) is 7.50. The molecule has 34 heavy (non-hydrogen) atoms. The van der Waals surface area contributed by atoms with E-state index in [4.69, 9.17) is 9.47 Å². The van der Waals surface area contributed by atoms with Crippen LogP contribution in [0.15, 0.2) is 54.3 Å². The molecule has 0 spiro atoms. The molecular weight excluding hydrogens is 428 g/mol. The fraction of sp³-hybridized carbons (Fsp3) is 0.593. The lowest BCUT2D eigenvalue weighted by Gasteiger charge is -2.30. The molecule has 0 bridgehead atoms. The van der Waals surface area contributed by atoms with Crippen LogP contribution in [0.4, 0.5) is 0 Å². The number of ether oxygens (including phenoxy) is 2. The van der Waals surface area contributed by atoms with Gasteiger partial charge in [-0.25, -0.2) is 5.10 Å². The van der Waals surface area contributed by atoms with Gasteiger partial charge in [0.25, 0.3) is 0 Å². The molecule has 1 aliphatic carbocycles. The van der Waals surface area contributed by atoms with E-state index in [0.717, 1.165) is 88.8 Å². The van der Waals surface area contributed by atoms with Crippen molar-refractivity contribution in [2.75, 3.05) is 6.61 Å². The van der Waals surface area contributed by atoms with Gasteiger partial charge < -0.3 is 14.6 Å². The van der Waals surface area contributed by atoms with E-state index in [-0.39, 0.29) is 24.2 Å². The van der Waals surface area contributed by atoms with E-state index in [1.165, 1.54) is 5.56 Å². The number of aromatic amines is 1. The average Bonchev–Trinajstić information content (AvgIpc) is 3.52. The summed E-state index contributed by atoms with van der Waals surface area (Å²) in [6.07, 6.45) is 16.8. The van der Waals surface area contributed by atoms with Gasteiger partial charge >= 0.3 is 0 Å². The fourth-order valence-corrected chi connectivity index (χ4v) is 5.03. The van der Waals surface area contributed by atoms with Gasteiger partial charge in [-0.2, -0.15) is 0 Å². The number of nitrogens with zero attached hydrogens (tertiary/aromatic N) is 3. The number of hydrogen-bond acceptors (Lipinski definition) is 6. The molecule has 7 heteroatoms. The fourth-order valence-electron chi connectivity index (χ4n) is 5.03. The van der Waals surface area contributed by atoms with Gasteiger partial charge in [-0.15, -0.1) is 5.10 Å². The summed E-state index contributed by atoms with van der Waals surface area (Å²) >= 11 is 0. The Hall–Kier alpha value is -2.51. The van der Waals surface area contributed by atoms with Gasteiger partial charge in [-0.05, 0) is 85.8 Å². The number of nitrogens with one attached hydrogen (secondary N) is 1. The second-order valence-corrected chi connectivity index (χ2v) is 9.41. The molecule has 1 aromatic heterocycles. The highest BCUT2D eigenvalue weighted by Crippen LogP contribution is 2.41. The number of aromatic nitrogens is 4. The molecule has 0 amide bonds. The highest BCUT2D eigenvalue weighted by atomic mass is 16.7. The van der Waals surface area contributed by atoms with Crippen LogP contribution in [0.5, 0.6) is 0 Å². The highest BCUT2D eigenvalue weighted by molar-refractivity contribution is 5.16. The predicted octanol–water partition coefficient (Wildman–Crippen LogP) is 4.92. The van der Waals surface area contributed by atoms with Crippen molar-refractivity contribution >= 4 is 0 Å². The lowest BCUT2D eigenvalue weighted by atomic mass is 9.89. The van der Waals surface area contributed by atoms with Gasteiger partial charge in [0.15, 0.2) is 6.29 Å². The number of aliphatic hydroxyl groups excluding tert-OH is 1. The Morgan fingerprint density at radius 3 is 2.79 bits per heavy atom. The van der Waals surface area contributed by atoms with Crippen LogP contribution in [0.25, 0.3) is 0 Å². The van der Waals surface area contributed by atoms with Crippen LogP contribution < -0.4 is 0 Å². The van der Waals surface area contributed by atoms with E-state index in [1.807, 2.05) is 0 Å². The average molecular weight is 467 g/mol. The third-order valence-electron chi connectivity index (χ3n) is 6.93. The number of aliphatic hydroxyl groups is 1. The summed E-state index contributed by atoms with van der Waals surface area (Å²) in [6, 6.07) is 10.6. The Kier molecular flexibility index (Phi) is 9.70. The quantitative estimate of drug-likeness (QED) is 0.262. The van der Waals surface area contributed by atoms with E-state index in [2.05, 4.69) is 69.2 Å². The molecule has 4 atom stereocenters. The first-order chi connectivity index (χ1) is 16.8. The highest BCUT2D eigenvalue weighted by Gasteiger charge is 2.38. The maximum absolute atomic E-state index is 10.8. The van der Waals surface area contributed by atoms with Crippen LogP contribution in [-0.4, -0.2) is 44.7 Å². The normalized spacial score (nSPS) is 25.7. The minimum Gasteiger partial charge on any atom is -0.469 e. The SMILES string of the molecule is O[C@@H]1CC[C@@H](C(=CCCc2ccccc2)OC2CCCCO2)[C@@H]1C/C=C\CCCc1nnn[nH]1. The maximum Gasteiger partial charge on any atom is 0.199 e. The van der Waals surface area contributed by atoms with Crippen molar-refractivity contribution in [1.82, 2.24) is 20.6 Å². The second kappa shape index (κ2) is 13.4. The van der Waals surface area contributed by atoms with Crippen LogP contribution >= 0.6 is 0 Å². The minimum atomic E-state index is -0.289. The van der Waals surface area contributed by atoms with Crippen molar-refractivity contribution in [1.29, 1.82) is 0 Å². The molecule has 2 aliphatic rings. The summed E-state index contributed by atoms with van der Waals surface area (Å²) in [5.41, 5.74) is 1.33. The number of H-pyrrole nitrogens is 1. The molecular formula is C27H38N4O3. The van der Waals surface area contributed by atoms with Crippen LogP contribution in [-0.2, 0) is 22.3 Å². The Bertz CT molecular complexity index is 879. The van der Waals surface area contributed by atoms with E-state index < -0.39 is 0 Å². The van der Waals surface area contributed by atoms with Gasteiger partial charge in [0, 0.05) is 18.8 Å². The van der Waals surface area contributed by atoms with Crippen molar-refractivity contribution in [3.8, 4) is 0 Å². The van der Waals surface area contributed by atoms with E-state index in [9.17, 15) is 5.11 Å². The van der Waals surface area contributed by atoms with Gasteiger partial charge in [-0.1, -0.05) is 42.5 Å². The summed E-state index contributed by atoms with van der Waals surface area (Å²) in [5.74, 6) is 2.27. The molecule has 184 valence electrons. The van der Waals surface area contributed by atoms with E-state index in [1.54, 1.807) is 0 Å². The van der Waals surface area contributed by atoms with Gasteiger partial charge in [-0.3, -0.25) is 0 Å². The lowest BCUT2D eigenvalue weighted by molar-refractivity contribution is -0.146. The molecule has 2 heterocycles. The topological polar surface area (TPSA) is 93.2 Å². The molecule has 1 aliphatic heterocycles. The number of unbranched alkanes of at least 4 members (excludes halogenated alkanes) is 1. The van der Waals surface area contributed by atoms with Gasteiger partial charge in [0.1, 0.15) is 5.82 Å². The zero-order valence-electron chi connectivity index (χ0n) is 20.0. The first kappa shape index (κ1) is 24.6. The Morgan fingerprint density at radius 2 is 2.00 bits per heavy atom. The van der Waals surface area contributed by atoms with Crippen LogP contribution in [0.1, 0.15) is 69.2 Å². The molecule has 1 aromatic carbocycles. The number of allylic oxidation sites excluding steroid dienone is 4. The number of tetrazole rings is 1. The maximum atomic E-state index is 10.8. The molecule has 1 saturated carbocycles. The van der Waals surface area contributed by atoms with Crippen molar-refractivity contribution in [3.63, 3.8) is 0 Å². The molecule has 7 nitrogen and oxygen atoms in total. The molecule has 2 aromatic rings. The zero-order chi connectivity index (χ0) is 23.4. The number of hydrogen-bond donors (Lipinski definition) is 2. The second-order valence-electron chi connectivity index (χ2n) is 9.41. The standard InChI is InChI=1S/C27H38N4O3/c32-24-19-18-23(22(24)14-6-1-2-7-16-26-28-30-31-29-26)25(34-27-17-8-9-20-33-27)15-10-13-21-11-4-3-5-12-21/h1,3-6,11-12,15,22-24,27,32H,2,7-10,13-14,16-20H2,(H,28,29,30,31)/b6-1-,25-15?/t22-,23+,24+,27?/m0/s1. The summed E-state index contributed by atoms with van der Waals surface area (Å²) in [6.45, 7) is 0.769. The first-order valence-corrected chi connectivity index (χ1v) is 12.9. The monoisotopic (exact) mass is 466 g/mol. The molecule has 2 N–H and O–H groups in total. The molecule has 0 radical (unpaired) electrons. The molecule has 1 unspecified atom stereocenters. The van der Waals surface area contributed by atoms with E-state index in [0.29, 0.717) is 0 Å². The number of benzene rings is 1. The zero-order valence-corrected chi connectivity index (χ0v) is 20.0. The lowest BCUT2D eigenvalue weighted by Crippen LogP contribution is -2.27. The number of aryl methyl sites for hydroxylation is 2. The first-order valence-electron chi connectivity index (χ1n) is 12.9. The van der Waals surface area contributed by atoms with Gasteiger partial charge in [0.2, 0.25) is 0 Å². The summed E-state index contributed by atoms with van der Waals surface area (Å²) in [4.78, 5) is 0. The minimum absolute atomic E-state index is 0.156. The van der Waals surface area contributed by atoms with E-state index >= 15 is 0 Å². The Labute approximate surface area is 202 Å². The summed E-state index contributed by atoms with van der Waals surface area (Å²) in [7, 11) is 0. The van der Waals surface area contributed by atoms with Crippen molar-refractivity contribution in [2.45, 2.75) is 83.0 Å². The number of rotatable bonds is 12. The molecule has 4 rings (SSSR count). The van der Waals surface area contributed by atoms with Crippen molar-refractivity contribution in [2.24, 2.45) is 11.8 Å². The Balaban J connectivity index is 1.34. The molecule has 1 saturated heterocycles. The van der Waals surface area contributed by atoms with Crippen molar-refractivity contribution < 1.29 is 14.6 Å². The summed E-state index contributed by atoms with van der Waals surface area (Å²) < 4.78 is 12.4. The smallest absolute Gasteiger partial charge is 0.199 e. The van der Waals surface area contributed by atoms with Crippen molar-refractivity contribution in [3.05, 3.63) is 65.7 Å². The Morgan fingerprint density at radius 1 is 1.09 bits per heavy atom. The van der Waals surface area contributed by atoms with Crippen LogP contribution in [0, 0.1) is 11.8 Å².